The summed E-state index contributed by atoms with van der Waals surface area (Å²) in [6.07, 6.45) is 1.57. The van der Waals surface area contributed by atoms with Crippen LogP contribution in [0.4, 0.5) is 5.13 Å². The van der Waals surface area contributed by atoms with E-state index in [0.29, 0.717) is 15.7 Å². The minimum atomic E-state index is -0.324. The molecule has 1 aromatic heterocycles. The van der Waals surface area contributed by atoms with Crippen molar-refractivity contribution in [2.24, 2.45) is 5.10 Å². The summed E-state index contributed by atoms with van der Waals surface area (Å²) >= 11 is 7.81. The second-order valence-corrected chi connectivity index (χ2v) is 8.38. The van der Waals surface area contributed by atoms with E-state index in [1.165, 1.54) is 0 Å². The molecule has 3 aromatic rings. The summed E-state index contributed by atoms with van der Waals surface area (Å²) < 4.78 is 1.85. The van der Waals surface area contributed by atoms with E-state index in [0.717, 1.165) is 25.8 Å². The standard InChI is InChI=1S/C18H13Br2N5O2S/c19-13-5-1-11(2-6-13)10-21-23-15(26)9-16-24-25-18(28-16)22-17(27)12-3-7-14(20)8-4-12/h1-8,10H,9H2,(H,23,26)(H,22,25,27)/b21-10-. The van der Waals surface area contributed by atoms with Crippen molar-refractivity contribution in [2.75, 3.05) is 5.32 Å². The van der Waals surface area contributed by atoms with Crippen LogP contribution in [-0.4, -0.2) is 28.2 Å². The van der Waals surface area contributed by atoms with Crippen LogP contribution in [0.1, 0.15) is 20.9 Å². The summed E-state index contributed by atoms with van der Waals surface area (Å²) in [7, 11) is 0. The van der Waals surface area contributed by atoms with E-state index >= 15 is 0 Å². The van der Waals surface area contributed by atoms with Gasteiger partial charge in [0.15, 0.2) is 0 Å². The maximum absolute atomic E-state index is 12.2. The lowest BCUT2D eigenvalue weighted by Gasteiger charge is -2.00. The van der Waals surface area contributed by atoms with E-state index in [1.54, 1.807) is 30.5 Å². The molecule has 0 saturated carbocycles. The lowest BCUT2D eigenvalue weighted by Crippen LogP contribution is -2.19. The molecule has 2 N–H and O–H groups in total. The molecular weight excluding hydrogens is 510 g/mol. The molecule has 1 heterocycles. The largest absolute Gasteiger partial charge is 0.296 e. The molecule has 0 fully saturated rings. The highest BCUT2D eigenvalue weighted by Crippen LogP contribution is 2.17. The number of benzene rings is 2. The highest BCUT2D eigenvalue weighted by Gasteiger charge is 2.12. The van der Waals surface area contributed by atoms with Crippen molar-refractivity contribution >= 4 is 66.4 Å². The Morgan fingerprint density at radius 2 is 1.64 bits per heavy atom. The third kappa shape index (κ3) is 6.04. The predicted octanol–water partition coefficient (Wildman–Crippen LogP) is 4.01. The van der Waals surface area contributed by atoms with Gasteiger partial charge in [-0.2, -0.15) is 5.10 Å². The SMILES string of the molecule is O=C(Cc1nnc(NC(=O)c2ccc(Br)cc2)s1)N/N=C\c1ccc(Br)cc1. The lowest BCUT2D eigenvalue weighted by atomic mass is 10.2. The van der Waals surface area contributed by atoms with Crippen LogP contribution in [0, 0.1) is 0 Å². The molecule has 0 aliphatic rings. The summed E-state index contributed by atoms with van der Waals surface area (Å²) in [6.45, 7) is 0. The molecular formula is C18H13Br2N5O2S. The molecule has 142 valence electrons. The molecule has 7 nitrogen and oxygen atoms in total. The van der Waals surface area contributed by atoms with Gasteiger partial charge in [-0.1, -0.05) is 55.3 Å². The van der Waals surface area contributed by atoms with E-state index in [9.17, 15) is 9.59 Å². The van der Waals surface area contributed by atoms with Gasteiger partial charge in [0.1, 0.15) is 5.01 Å². The molecule has 0 atom stereocenters. The van der Waals surface area contributed by atoms with E-state index in [1.807, 2.05) is 24.3 Å². The fourth-order valence-electron chi connectivity index (χ4n) is 2.05. The highest BCUT2D eigenvalue weighted by molar-refractivity contribution is 9.10. The molecule has 0 bridgehead atoms. The Kier molecular flexibility index (Phi) is 7.01. The van der Waals surface area contributed by atoms with Gasteiger partial charge in [0, 0.05) is 14.5 Å². The van der Waals surface area contributed by atoms with Gasteiger partial charge in [-0.15, -0.1) is 10.2 Å². The van der Waals surface area contributed by atoms with Crippen LogP contribution in [-0.2, 0) is 11.2 Å². The van der Waals surface area contributed by atoms with Crippen molar-refractivity contribution in [3.8, 4) is 0 Å². The molecule has 2 amide bonds. The van der Waals surface area contributed by atoms with Crippen molar-refractivity contribution in [1.82, 2.24) is 15.6 Å². The van der Waals surface area contributed by atoms with Crippen molar-refractivity contribution in [1.29, 1.82) is 0 Å². The average Bonchev–Trinajstić information content (AvgIpc) is 3.10. The molecule has 0 aliphatic heterocycles. The molecule has 28 heavy (non-hydrogen) atoms. The van der Waals surface area contributed by atoms with E-state index in [4.69, 9.17) is 0 Å². The third-order valence-corrected chi connectivity index (χ3v) is 5.27. The first-order valence-corrected chi connectivity index (χ1v) is 10.4. The molecule has 0 saturated heterocycles. The van der Waals surface area contributed by atoms with Crippen LogP contribution in [0.3, 0.4) is 0 Å². The van der Waals surface area contributed by atoms with Gasteiger partial charge in [-0.3, -0.25) is 14.9 Å². The Morgan fingerprint density at radius 3 is 2.32 bits per heavy atom. The minimum Gasteiger partial charge on any atom is -0.296 e. The number of nitrogens with zero attached hydrogens (tertiary/aromatic N) is 3. The van der Waals surface area contributed by atoms with Gasteiger partial charge in [-0.05, 0) is 42.0 Å². The first kappa shape index (κ1) is 20.3. The fraction of sp³-hybridized carbons (Fsp3) is 0.0556. The quantitative estimate of drug-likeness (QED) is 0.377. The summed E-state index contributed by atoms with van der Waals surface area (Å²) in [4.78, 5) is 24.1. The maximum atomic E-state index is 12.2. The third-order valence-electron chi connectivity index (χ3n) is 3.38. The van der Waals surface area contributed by atoms with Gasteiger partial charge in [-0.25, -0.2) is 5.43 Å². The number of carbonyl (C=O) groups is 2. The van der Waals surface area contributed by atoms with Crippen LogP contribution >= 0.6 is 43.2 Å². The lowest BCUT2D eigenvalue weighted by molar-refractivity contribution is -0.120. The van der Waals surface area contributed by atoms with Crippen LogP contribution in [0.5, 0.6) is 0 Å². The molecule has 0 unspecified atom stereocenters. The van der Waals surface area contributed by atoms with Gasteiger partial charge < -0.3 is 0 Å². The molecule has 10 heteroatoms. The normalized spacial score (nSPS) is 10.8. The topological polar surface area (TPSA) is 96.3 Å². The van der Waals surface area contributed by atoms with Gasteiger partial charge in [0.2, 0.25) is 11.0 Å². The van der Waals surface area contributed by atoms with Crippen molar-refractivity contribution in [2.45, 2.75) is 6.42 Å². The van der Waals surface area contributed by atoms with Crippen molar-refractivity contribution in [3.63, 3.8) is 0 Å². The zero-order valence-corrected chi connectivity index (χ0v) is 18.2. The van der Waals surface area contributed by atoms with Crippen LogP contribution in [0.2, 0.25) is 0 Å². The van der Waals surface area contributed by atoms with Crippen LogP contribution < -0.4 is 10.7 Å². The highest BCUT2D eigenvalue weighted by atomic mass is 79.9. The van der Waals surface area contributed by atoms with Crippen molar-refractivity contribution < 1.29 is 9.59 Å². The van der Waals surface area contributed by atoms with Gasteiger partial charge in [0.05, 0.1) is 12.6 Å². The number of hydrogen-bond donors (Lipinski definition) is 2. The number of carbonyl (C=O) groups excluding carboxylic acids is 2. The number of amides is 2. The number of anilines is 1. The van der Waals surface area contributed by atoms with E-state index in [-0.39, 0.29) is 18.2 Å². The number of halogens is 2. The number of aromatic nitrogens is 2. The number of nitrogens with one attached hydrogen (secondary N) is 2. The van der Waals surface area contributed by atoms with Crippen molar-refractivity contribution in [3.05, 3.63) is 73.6 Å². The second kappa shape index (κ2) is 9.67. The number of rotatable bonds is 6. The second-order valence-electron chi connectivity index (χ2n) is 5.48. The Hall–Kier alpha value is -2.43. The zero-order chi connectivity index (χ0) is 19.9. The average molecular weight is 523 g/mol. The monoisotopic (exact) mass is 521 g/mol. The summed E-state index contributed by atoms with van der Waals surface area (Å²) in [5, 5.41) is 15.2. The maximum Gasteiger partial charge on any atom is 0.257 e. The Bertz CT molecular complexity index is 1000. The van der Waals surface area contributed by atoms with Gasteiger partial charge >= 0.3 is 0 Å². The molecule has 0 spiro atoms. The smallest absolute Gasteiger partial charge is 0.257 e. The fourth-order valence-corrected chi connectivity index (χ4v) is 3.31. The zero-order valence-electron chi connectivity index (χ0n) is 14.2. The Morgan fingerprint density at radius 1 is 1.00 bits per heavy atom. The molecule has 0 aliphatic carbocycles. The first-order chi connectivity index (χ1) is 13.5. The minimum absolute atomic E-state index is 0.0174. The van der Waals surface area contributed by atoms with Crippen LogP contribution in [0.15, 0.2) is 62.6 Å². The summed E-state index contributed by atoms with van der Waals surface area (Å²) in [5.41, 5.74) is 3.80. The summed E-state index contributed by atoms with van der Waals surface area (Å²) in [5.74, 6) is -0.617. The van der Waals surface area contributed by atoms with E-state index < -0.39 is 0 Å². The summed E-state index contributed by atoms with van der Waals surface area (Å²) in [6, 6.07) is 14.4. The van der Waals surface area contributed by atoms with Gasteiger partial charge in [0.25, 0.3) is 5.91 Å². The number of hydrazone groups is 1. The molecule has 2 aromatic carbocycles. The predicted molar refractivity (Wildman–Crippen MR) is 116 cm³/mol. The van der Waals surface area contributed by atoms with E-state index in [2.05, 4.69) is 57.9 Å². The van der Waals surface area contributed by atoms with Crippen LogP contribution in [0.25, 0.3) is 0 Å². The Balaban J connectivity index is 1.50. The molecule has 0 radical (unpaired) electrons. The molecule has 3 rings (SSSR count). The first-order valence-electron chi connectivity index (χ1n) is 7.96. The number of hydrogen-bond acceptors (Lipinski definition) is 6. The Labute approximate surface area is 181 Å².